The van der Waals surface area contributed by atoms with E-state index >= 15 is 0 Å². The lowest BCUT2D eigenvalue weighted by molar-refractivity contribution is 0.0942. The molecule has 0 radical (unpaired) electrons. The monoisotopic (exact) mass is 276 g/mol. The van der Waals surface area contributed by atoms with E-state index in [9.17, 15) is 4.79 Å². The molecule has 2 aromatic rings. The summed E-state index contributed by atoms with van der Waals surface area (Å²) in [5.41, 5.74) is 0.258. The summed E-state index contributed by atoms with van der Waals surface area (Å²) in [6.07, 6.45) is 4.49. The topological polar surface area (TPSA) is 89.3 Å². The highest BCUT2D eigenvalue weighted by atomic mass is 16.5. The molecule has 0 saturated carbocycles. The first-order valence-electron chi connectivity index (χ1n) is 6.15. The van der Waals surface area contributed by atoms with Crippen LogP contribution in [0.25, 0.3) is 0 Å². The Morgan fingerprint density at radius 1 is 1.40 bits per heavy atom. The molecule has 2 N–H and O–H groups in total. The van der Waals surface area contributed by atoms with Crippen molar-refractivity contribution in [2.75, 3.05) is 25.6 Å². The molecule has 2 rings (SSSR count). The maximum Gasteiger partial charge on any atom is 0.271 e. The Bertz CT molecular complexity index is 525. The van der Waals surface area contributed by atoms with Crippen molar-refractivity contribution in [3.05, 3.63) is 42.2 Å². The van der Waals surface area contributed by atoms with E-state index in [1.165, 1.54) is 12.4 Å². The third-order valence-corrected chi connectivity index (χ3v) is 2.50. The number of furan rings is 1. The van der Waals surface area contributed by atoms with Gasteiger partial charge in [-0.15, -0.1) is 0 Å². The first kappa shape index (κ1) is 14.0. The number of carbonyl (C=O) groups excluding carboxylic acids is 1. The second kappa shape index (κ2) is 7.25. The maximum absolute atomic E-state index is 11.8. The number of amides is 1. The van der Waals surface area contributed by atoms with E-state index in [2.05, 4.69) is 20.6 Å². The van der Waals surface area contributed by atoms with Crippen molar-refractivity contribution in [3.63, 3.8) is 0 Å². The summed E-state index contributed by atoms with van der Waals surface area (Å²) in [7, 11) is 1.62. The number of carbonyl (C=O) groups is 1. The Kier molecular flexibility index (Phi) is 5.08. The van der Waals surface area contributed by atoms with Gasteiger partial charge in [-0.2, -0.15) is 0 Å². The molecule has 106 valence electrons. The summed E-state index contributed by atoms with van der Waals surface area (Å²) >= 11 is 0. The fourth-order valence-corrected chi connectivity index (χ4v) is 1.49. The number of nitrogens with zero attached hydrogens (tertiary/aromatic N) is 2. The standard InChI is InChI=1S/C13H16N4O3/c1-19-6-4-14-12-9-15-11(8-16-12)13(18)17-7-10-3-2-5-20-10/h2-3,5,8-9H,4,6-7H2,1H3,(H,14,16)(H,17,18). The second-order valence-corrected chi connectivity index (χ2v) is 3.97. The van der Waals surface area contributed by atoms with Gasteiger partial charge in [0.2, 0.25) is 0 Å². The van der Waals surface area contributed by atoms with E-state index in [1.807, 2.05) is 0 Å². The van der Waals surface area contributed by atoms with Gasteiger partial charge in [-0.1, -0.05) is 0 Å². The van der Waals surface area contributed by atoms with Crippen LogP contribution in [0.3, 0.4) is 0 Å². The summed E-state index contributed by atoms with van der Waals surface area (Å²) in [4.78, 5) is 20.0. The lowest BCUT2D eigenvalue weighted by Crippen LogP contribution is -2.23. The predicted molar refractivity (Wildman–Crippen MR) is 72.3 cm³/mol. The van der Waals surface area contributed by atoms with E-state index in [0.717, 1.165) is 0 Å². The lowest BCUT2D eigenvalue weighted by Gasteiger charge is -2.05. The summed E-state index contributed by atoms with van der Waals surface area (Å²) in [5, 5.41) is 5.72. The van der Waals surface area contributed by atoms with Gasteiger partial charge in [0.25, 0.3) is 5.91 Å². The number of rotatable bonds is 7. The zero-order chi connectivity index (χ0) is 14.2. The number of nitrogens with one attached hydrogen (secondary N) is 2. The highest BCUT2D eigenvalue weighted by molar-refractivity contribution is 5.91. The zero-order valence-electron chi connectivity index (χ0n) is 11.1. The lowest BCUT2D eigenvalue weighted by atomic mass is 10.4. The van der Waals surface area contributed by atoms with Gasteiger partial charge >= 0.3 is 0 Å². The average Bonchev–Trinajstić information content (AvgIpc) is 2.99. The average molecular weight is 276 g/mol. The third kappa shape index (κ3) is 4.06. The van der Waals surface area contributed by atoms with Crippen molar-refractivity contribution in [2.24, 2.45) is 0 Å². The highest BCUT2D eigenvalue weighted by Crippen LogP contribution is 2.02. The highest BCUT2D eigenvalue weighted by Gasteiger charge is 2.08. The molecule has 20 heavy (non-hydrogen) atoms. The number of ether oxygens (including phenoxy) is 1. The number of hydrogen-bond acceptors (Lipinski definition) is 6. The van der Waals surface area contributed by atoms with Crippen molar-refractivity contribution in [1.29, 1.82) is 0 Å². The smallest absolute Gasteiger partial charge is 0.271 e. The molecule has 0 unspecified atom stereocenters. The van der Waals surface area contributed by atoms with Gasteiger partial charge < -0.3 is 19.8 Å². The van der Waals surface area contributed by atoms with Crippen molar-refractivity contribution in [2.45, 2.75) is 6.54 Å². The minimum absolute atomic E-state index is 0.258. The Hall–Kier alpha value is -2.41. The minimum atomic E-state index is -0.294. The summed E-state index contributed by atoms with van der Waals surface area (Å²) in [6, 6.07) is 3.55. The molecule has 1 amide bonds. The zero-order valence-corrected chi connectivity index (χ0v) is 11.1. The quantitative estimate of drug-likeness (QED) is 0.735. The van der Waals surface area contributed by atoms with Gasteiger partial charge in [-0.05, 0) is 12.1 Å². The molecular weight excluding hydrogens is 260 g/mol. The number of aromatic nitrogens is 2. The molecule has 0 bridgehead atoms. The molecule has 0 spiro atoms. The summed E-state index contributed by atoms with van der Waals surface area (Å²) < 4.78 is 10.0. The molecule has 0 atom stereocenters. The Balaban J connectivity index is 1.84. The molecule has 0 aliphatic heterocycles. The van der Waals surface area contributed by atoms with Gasteiger partial charge in [-0.25, -0.2) is 9.97 Å². The molecule has 7 heteroatoms. The van der Waals surface area contributed by atoms with Crippen LogP contribution in [-0.4, -0.2) is 36.1 Å². The molecular formula is C13H16N4O3. The summed E-state index contributed by atoms with van der Waals surface area (Å²) in [6.45, 7) is 1.53. The SMILES string of the molecule is COCCNc1cnc(C(=O)NCc2ccco2)cn1. The molecule has 2 heterocycles. The second-order valence-electron chi connectivity index (χ2n) is 3.97. The Morgan fingerprint density at radius 3 is 2.95 bits per heavy atom. The van der Waals surface area contributed by atoms with Crippen molar-refractivity contribution in [1.82, 2.24) is 15.3 Å². The van der Waals surface area contributed by atoms with Gasteiger partial charge in [0, 0.05) is 13.7 Å². The van der Waals surface area contributed by atoms with Crippen molar-refractivity contribution in [3.8, 4) is 0 Å². The molecule has 2 aromatic heterocycles. The molecule has 0 aromatic carbocycles. The van der Waals surface area contributed by atoms with Gasteiger partial charge in [0.1, 0.15) is 17.3 Å². The largest absolute Gasteiger partial charge is 0.467 e. The van der Waals surface area contributed by atoms with E-state index in [0.29, 0.717) is 31.3 Å². The van der Waals surface area contributed by atoms with Crippen molar-refractivity contribution >= 4 is 11.7 Å². The van der Waals surface area contributed by atoms with Crippen LogP contribution in [-0.2, 0) is 11.3 Å². The molecule has 0 fully saturated rings. The Labute approximate surface area is 116 Å². The number of methoxy groups -OCH3 is 1. The first-order chi connectivity index (χ1) is 9.79. The van der Waals surface area contributed by atoms with Crippen LogP contribution < -0.4 is 10.6 Å². The van der Waals surface area contributed by atoms with Gasteiger partial charge in [0.05, 0.1) is 31.8 Å². The van der Waals surface area contributed by atoms with E-state index in [1.54, 1.807) is 25.5 Å². The van der Waals surface area contributed by atoms with Crippen molar-refractivity contribution < 1.29 is 13.9 Å². The van der Waals surface area contributed by atoms with E-state index < -0.39 is 0 Å². The normalized spacial score (nSPS) is 10.2. The molecule has 0 aliphatic rings. The van der Waals surface area contributed by atoms with E-state index in [4.69, 9.17) is 9.15 Å². The van der Waals surface area contributed by atoms with Crippen LogP contribution >= 0.6 is 0 Å². The minimum Gasteiger partial charge on any atom is -0.467 e. The van der Waals surface area contributed by atoms with Gasteiger partial charge in [-0.3, -0.25) is 4.79 Å². The predicted octanol–water partition coefficient (Wildman–Crippen LogP) is 1.06. The maximum atomic E-state index is 11.8. The van der Waals surface area contributed by atoms with Gasteiger partial charge in [0.15, 0.2) is 0 Å². The fourth-order valence-electron chi connectivity index (χ4n) is 1.49. The number of hydrogen-bond donors (Lipinski definition) is 2. The third-order valence-electron chi connectivity index (χ3n) is 2.50. The Morgan fingerprint density at radius 2 is 2.30 bits per heavy atom. The van der Waals surface area contributed by atoms with Crippen LogP contribution in [0, 0.1) is 0 Å². The van der Waals surface area contributed by atoms with Crippen LogP contribution in [0.2, 0.25) is 0 Å². The van der Waals surface area contributed by atoms with Crippen LogP contribution in [0.1, 0.15) is 16.2 Å². The summed E-state index contributed by atoms with van der Waals surface area (Å²) in [5.74, 6) is 0.992. The van der Waals surface area contributed by atoms with E-state index in [-0.39, 0.29) is 11.6 Å². The van der Waals surface area contributed by atoms with Crippen LogP contribution in [0.15, 0.2) is 35.2 Å². The molecule has 0 aliphatic carbocycles. The first-order valence-corrected chi connectivity index (χ1v) is 6.15. The molecule has 7 nitrogen and oxygen atoms in total. The van der Waals surface area contributed by atoms with Crippen LogP contribution in [0.5, 0.6) is 0 Å². The molecule has 0 saturated heterocycles. The fraction of sp³-hybridized carbons (Fsp3) is 0.308. The number of anilines is 1. The van der Waals surface area contributed by atoms with Crippen LogP contribution in [0.4, 0.5) is 5.82 Å².